The number of hydrogen-bond donors (Lipinski definition) is 1. The Bertz CT molecular complexity index is 372. The van der Waals surface area contributed by atoms with E-state index in [4.69, 9.17) is 9.15 Å². The molecule has 5 heteroatoms. The largest absolute Gasteiger partial charge is 0.461 e. The van der Waals surface area contributed by atoms with E-state index < -0.39 is 5.97 Å². The van der Waals surface area contributed by atoms with Crippen LogP contribution in [0.4, 0.5) is 6.01 Å². The Morgan fingerprint density at radius 1 is 1.44 bits per heavy atom. The fourth-order valence-electron chi connectivity index (χ4n) is 1.95. The highest BCUT2D eigenvalue weighted by molar-refractivity contribution is 5.87. The van der Waals surface area contributed by atoms with Gasteiger partial charge >= 0.3 is 5.97 Å². The van der Waals surface area contributed by atoms with Gasteiger partial charge in [0.2, 0.25) is 0 Å². The average Bonchev–Trinajstić information content (AvgIpc) is 2.79. The van der Waals surface area contributed by atoms with Gasteiger partial charge in [0.15, 0.2) is 5.69 Å². The number of ether oxygens (including phenoxy) is 1. The third-order valence-electron chi connectivity index (χ3n) is 3.10. The van der Waals surface area contributed by atoms with Crippen molar-refractivity contribution < 1.29 is 13.9 Å². The number of rotatable bonds is 7. The molecule has 0 saturated heterocycles. The molecule has 0 radical (unpaired) electrons. The maximum atomic E-state index is 11.4. The number of anilines is 1. The van der Waals surface area contributed by atoms with Gasteiger partial charge in [-0.3, -0.25) is 0 Å². The molecule has 0 aliphatic heterocycles. The van der Waals surface area contributed by atoms with Crippen LogP contribution in [0.25, 0.3) is 0 Å². The summed E-state index contributed by atoms with van der Waals surface area (Å²) in [6.45, 7) is 8.49. The van der Waals surface area contributed by atoms with Gasteiger partial charge in [-0.1, -0.05) is 26.7 Å². The zero-order chi connectivity index (χ0) is 13.5. The van der Waals surface area contributed by atoms with Crippen LogP contribution in [-0.4, -0.2) is 23.6 Å². The van der Waals surface area contributed by atoms with Gasteiger partial charge in [-0.25, -0.2) is 4.79 Å². The molecule has 5 nitrogen and oxygen atoms in total. The number of esters is 1. The highest BCUT2D eigenvalue weighted by Gasteiger charge is 2.17. The molecule has 0 saturated carbocycles. The quantitative estimate of drug-likeness (QED) is 0.757. The number of oxazole rings is 1. The molecule has 0 bridgehead atoms. The zero-order valence-corrected chi connectivity index (χ0v) is 11.5. The standard InChI is InChI=1S/C13H22N2O3/c1-5-10(6-2)9(4)14-13-15-11(8-18-13)12(16)17-7-3/h8-10H,5-7H2,1-4H3,(H,14,15). The summed E-state index contributed by atoms with van der Waals surface area (Å²) < 4.78 is 10.1. The van der Waals surface area contributed by atoms with Crippen LogP contribution in [0.5, 0.6) is 0 Å². The van der Waals surface area contributed by atoms with Gasteiger partial charge < -0.3 is 14.5 Å². The SMILES string of the molecule is CCOC(=O)c1coc(NC(C)C(CC)CC)n1. The van der Waals surface area contributed by atoms with Crippen molar-refractivity contribution in [3.8, 4) is 0 Å². The lowest BCUT2D eigenvalue weighted by Crippen LogP contribution is -2.25. The van der Waals surface area contributed by atoms with Crippen LogP contribution in [0, 0.1) is 5.92 Å². The highest BCUT2D eigenvalue weighted by Crippen LogP contribution is 2.18. The summed E-state index contributed by atoms with van der Waals surface area (Å²) >= 11 is 0. The maximum Gasteiger partial charge on any atom is 0.360 e. The number of carbonyl (C=O) groups is 1. The van der Waals surface area contributed by atoms with Gasteiger partial charge in [0.25, 0.3) is 6.01 Å². The van der Waals surface area contributed by atoms with Crippen LogP contribution in [0.1, 0.15) is 51.0 Å². The minimum atomic E-state index is -0.454. The summed E-state index contributed by atoms with van der Waals surface area (Å²) in [5.74, 6) is 0.104. The van der Waals surface area contributed by atoms with Gasteiger partial charge in [0.1, 0.15) is 6.26 Å². The molecule has 1 aromatic heterocycles. The molecule has 0 aliphatic carbocycles. The summed E-state index contributed by atoms with van der Waals surface area (Å²) in [5, 5.41) is 3.18. The van der Waals surface area contributed by atoms with E-state index in [2.05, 4.69) is 31.1 Å². The molecular formula is C13H22N2O3. The van der Waals surface area contributed by atoms with E-state index in [0.717, 1.165) is 12.8 Å². The van der Waals surface area contributed by atoms with Crippen molar-refractivity contribution in [1.82, 2.24) is 4.98 Å². The normalized spacial score (nSPS) is 12.5. The molecule has 18 heavy (non-hydrogen) atoms. The third-order valence-corrected chi connectivity index (χ3v) is 3.10. The summed E-state index contributed by atoms with van der Waals surface area (Å²) in [6, 6.07) is 0.631. The van der Waals surface area contributed by atoms with Gasteiger partial charge in [-0.2, -0.15) is 4.98 Å². The predicted octanol–water partition coefficient (Wildman–Crippen LogP) is 3.09. The molecular weight excluding hydrogens is 232 g/mol. The number of hydrogen-bond acceptors (Lipinski definition) is 5. The Morgan fingerprint density at radius 3 is 2.67 bits per heavy atom. The minimum Gasteiger partial charge on any atom is -0.461 e. The molecule has 0 aliphatic rings. The molecule has 0 fully saturated rings. The van der Waals surface area contributed by atoms with Crippen LogP contribution in [0.3, 0.4) is 0 Å². The van der Waals surface area contributed by atoms with Crippen LogP contribution in [-0.2, 0) is 4.74 Å². The van der Waals surface area contributed by atoms with E-state index in [-0.39, 0.29) is 11.7 Å². The van der Waals surface area contributed by atoms with Gasteiger partial charge in [-0.05, 0) is 19.8 Å². The average molecular weight is 254 g/mol. The molecule has 0 amide bonds. The first kappa shape index (κ1) is 14.5. The maximum absolute atomic E-state index is 11.4. The molecule has 0 aromatic carbocycles. The van der Waals surface area contributed by atoms with Gasteiger partial charge in [-0.15, -0.1) is 0 Å². The lowest BCUT2D eigenvalue weighted by atomic mass is 9.96. The second-order valence-corrected chi connectivity index (χ2v) is 4.27. The van der Waals surface area contributed by atoms with Crippen LogP contribution >= 0.6 is 0 Å². The Kier molecular flexibility index (Phi) is 5.68. The van der Waals surface area contributed by atoms with E-state index in [9.17, 15) is 4.79 Å². The minimum absolute atomic E-state index is 0.205. The highest BCUT2D eigenvalue weighted by atomic mass is 16.5. The fourth-order valence-corrected chi connectivity index (χ4v) is 1.95. The monoisotopic (exact) mass is 254 g/mol. The van der Waals surface area contributed by atoms with E-state index in [1.165, 1.54) is 6.26 Å². The molecule has 1 N–H and O–H groups in total. The van der Waals surface area contributed by atoms with Crippen molar-refractivity contribution in [3.63, 3.8) is 0 Å². The first-order chi connectivity index (χ1) is 8.62. The van der Waals surface area contributed by atoms with Crippen molar-refractivity contribution in [2.75, 3.05) is 11.9 Å². The summed E-state index contributed by atoms with van der Waals surface area (Å²) in [4.78, 5) is 15.5. The van der Waals surface area contributed by atoms with E-state index in [1.807, 2.05) is 0 Å². The number of nitrogens with one attached hydrogen (secondary N) is 1. The van der Waals surface area contributed by atoms with Crippen LogP contribution < -0.4 is 5.32 Å². The van der Waals surface area contributed by atoms with E-state index in [0.29, 0.717) is 18.5 Å². The lowest BCUT2D eigenvalue weighted by molar-refractivity contribution is 0.0519. The van der Waals surface area contributed by atoms with Crippen molar-refractivity contribution in [3.05, 3.63) is 12.0 Å². The van der Waals surface area contributed by atoms with Crippen molar-refractivity contribution in [2.24, 2.45) is 5.92 Å². The van der Waals surface area contributed by atoms with Gasteiger partial charge in [0, 0.05) is 6.04 Å². The molecule has 0 spiro atoms. The number of nitrogens with zero attached hydrogens (tertiary/aromatic N) is 1. The zero-order valence-electron chi connectivity index (χ0n) is 11.5. The number of carbonyl (C=O) groups excluding carboxylic acids is 1. The number of aromatic nitrogens is 1. The molecule has 1 heterocycles. The Balaban J connectivity index is 2.61. The third kappa shape index (κ3) is 3.75. The summed E-state index contributed by atoms with van der Waals surface area (Å²) in [6.07, 6.45) is 3.51. The van der Waals surface area contributed by atoms with E-state index >= 15 is 0 Å². The van der Waals surface area contributed by atoms with E-state index in [1.54, 1.807) is 6.92 Å². The van der Waals surface area contributed by atoms with Crippen molar-refractivity contribution in [1.29, 1.82) is 0 Å². The molecule has 1 unspecified atom stereocenters. The first-order valence-corrected chi connectivity index (χ1v) is 6.51. The second-order valence-electron chi connectivity index (χ2n) is 4.27. The first-order valence-electron chi connectivity index (χ1n) is 6.51. The predicted molar refractivity (Wildman–Crippen MR) is 69.6 cm³/mol. The van der Waals surface area contributed by atoms with Crippen LogP contribution in [0.2, 0.25) is 0 Å². The smallest absolute Gasteiger partial charge is 0.360 e. The van der Waals surface area contributed by atoms with Crippen molar-refractivity contribution in [2.45, 2.75) is 46.6 Å². The van der Waals surface area contributed by atoms with Crippen molar-refractivity contribution >= 4 is 12.0 Å². The molecule has 102 valence electrons. The lowest BCUT2D eigenvalue weighted by Gasteiger charge is -2.21. The summed E-state index contributed by atoms with van der Waals surface area (Å²) in [5.41, 5.74) is 0.205. The van der Waals surface area contributed by atoms with Crippen LogP contribution in [0.15, 0.2) is 10.7 Å². The Hall–Kier alpha value is -1.52. The molecule has 1 aromatic rings. The second kappa shape index (κ2) is 7.03. The summed E-state index contributed by atoms with van der Waals surface area (Å²) in [7, 11) is 0. The Morgan fingerprint density at radius 2 is 2.11 bits per heavy atom. The molecule has 1 rings (SSSR count). The molecule has 1 atom stereocenters. The van der Waals surface area contributed by atoms with Gasteiger partial charge in [0.05, 0.1) is 6.61 Å². The fraction of sp³-hybridized carbons (Fsp3) is 0.692. The Labute approximate surface area is 108 Å². The topological polar surface area (TPSA) is 64.4 Å².